The van der Waals surface area contributed by atoms with E-state index in [1.54, 1.807) is 0 Å². The monoisotopic (exact) mass is 428 g/mol. The van der Waals surface area contributed by atoms with Crippen molar-refractivity contribution >= 4 is 33.2 Å². The summed E-state index contributed by atoms with van der Waals surface area (Å²) < 4.78 is 51.3. The van der Waals surface area contributed by atoms with Crippen molar-refractivity contribution in [3.63, 3.8) is 0 Å². The maximum absolute atomic E-state index is 14.1. The Morgan fingerprint density at radius 3 is 2.68 bits per heavy atom. The van der Waals surface area contributed by atoms with E-state index in [1.807, 2.05) is 0 Å². The van der Waals surface area contributed by atoms with Gasteiger partial charge in [-0.2, -0.15) is 4.37 Å². The van der Waals surface area contributed by atoms with Crippen molar-refractivity contribution < 1.29 is 31.9 Å². The number of benzene rings is 1. The Bertz CT molecular complexity index is 1030. The Kier molecular flexibility index (Phi) is 5.66. The van der Waals surface area contributed by atoms with Crippen LogP contribution >= 0.6 is 11.5 Å². The van der Waals surface area contributed by atoms with Gasteiger partial charge >= 0.3 is 5.97 Å². The molecule has 3 rings (SSSR count). The van der Waals surface area contributed by atoms with Gasteiger partial charge in [0.2, 0.25) is 5.88 Å². The highest BCUT2D eigenvalue weighted by Crippen LogP contribution is 2.31. The van der Waals surface area contributed by atoms with Crippen molar-refractivity contribution in [1.82, 2.24) is 9.69 Å². The van der Waals surface area contributed by atoms with Crippen LogP contribution in [0.2, 0.25) is 0 Å². The molecule has 0 aliphatic heterocycles. The predicted molar refractivity (Wildman–Crippen MR) is 97.8 cm³/mol. The van der Waals surface area contributed by atoms with Crippen LogP contribution in [0.4, 0.5) is 4.39 Å². The first-order chi connectivity index (χ1) is 13.2. The van der Waals surface area contributed by atoms with Crippen molar-refractivity contribution in [3.05, 3.63) is 40.7 Å². The number of rotatable bonds is 7. The highest BCUT2D eigenvalue weighted by atomic mass is 32.2. The van der Waals surface area contributed by atoms with Gasteiger partial charge in [-0.3, -0.25) is 4.79 Å². The van der Waals surface area contributed by atoms with E-state index in [0.29, 0.717) is 11.5 Å². The van der Waals surface area contributed by atoms with Gasteiger partial charge in [-0.05, 0) is 42.6 Å². The first-order valence-corrected chi connectivity index (χ1v) is 10.9. The normalized spacial score (nSPS) is 13.8. The number of carbonyl (C=O) groups excluding carboxylic acids is 2. The summed E-state index contributed by atoms with van der Waals surface area (Å²) in [6.45, 7) is -0.354. The number of methoxy groups -OCH3 is 1. The van der Waals surface area contributed by atoms with E-state index in [-0.39, 0.29) is 45.3 Å². The number of esters is 1. The summed E-state index contributed by atoms with van der Waals surface area (Å²) in [4.78, 5) is 24.1. The molecule has 8 nitrogen and oxygen atoms in total. The van der Waals surface area contributed by atoms with Crippen LogP contribution in [0.1, 0.15) is 39.1 Å². The van der Waals surface area contributed by atoms with Crippen LogP contribution in [0.5, 0.6) is 5.88 Å². The molecule has 28 heavy (non-hydrogen) atoms. The Balaban J connectivity index is 1.83. The molecule has 0 radical (unpaired) electrons. The molecule has 0 unspecified atom stereocenters. The minimum absolute atomic E-state index is 0.0631. The quantitative estimate of drug-likeness (QED) is 0.671. The summed E-state index contributed by atoms with van der Waals surface area (Å²) in [5, 5.41) is 2.80. The number of carbonyl (C=O) groups is 2. The van der Waals surface area contributed by atoms with Gasteiger partial charge in [-0.1, -0.05) is 0 Å². The Hall–Kier alpha value is -2.53. The van der Waals surface area contributed by atoms with Crippen LogP contribution in [0, 0.1) is 5.82 Å². The summed E-state index contributed by atoms with van der Waals surface area (Å²) in [5.74, 6) is -2.13. The Morgan fingerprint density at radius 2 is 2.07 bits per heavy atom. The fraction of sp³-hybridized carbons (Fsp3) is 0.353. The molecule has 0 atom stereocenters. The van der Waals surface area contributed by atoms with Crippen LogP contribution in [-0.4, -0.2) is 44.1 Å². The molecule has 0 bridgehead atoms. The Morgan fingerprint density at radius 1 is 1.36 bits per heavy atom. The lowest BCUT2D eigenvalue weighted by Crippen LogP contribution is -2.25. The molecule has 1 saturated carbocycles. The van der Waals surface area contributed by atoms with E-state index in [4.69, 9.17) is 4.74 Å². The fourth-order valence-corrected chi connectivity index (χ4v) is 4.12. The highest BCUT2D eigenvalue weighted by molar-refractivity contribution is 7.92. The largest absolute Gasteiger partial charge is 0.471 e. The molecule has 150 valence electrons. The first-order valence-electron chi connectivity index (χ1n) is 8.21. The molecule has 1 fully saturated rings. The third-order valence-corrected chi connectivity index (χ3v) is 6.58. The summed E-state index contributed by atoms with van der Waals surface area (Å²) in [6.07, 6.45) is 2.77. The van der Waals surface area contributed by atoms with Crippen molar-refractivity contribution in [2.24, 2.45) is 0 Å². The standard InChI is InChI=1S/C17H17FN2O6S2/c1-25-16(22)13-15(20-27-17(13)28(2,23)24)26-8-10-7-9(3-6-12(10)18)14(21)19-11-4-5-11/h3,6-7,11H,4-5,8H2,1-2H3,(H,19,21). The van der Waals surface area contributed by atoms with Gasteiger partial charge in [-0.15, -0.1) is 0 Å². The predicted octanol–water partition coefficient (Wildman–Crippen LogP) is 1.94. The van der Waals surface area contributed by atoms with Crippen LogP contribution in [0.3, 0.4) is 0 Å². The molecule has 1 aromatic heterocycles. The third-order valence-electron chi connectivity index (χ3n) is 3.94. The van der Waals surface area contributed by atoms with Crippen molar-refractivity contribution in [1.29, 1.82) is 0 Å². The zero-order valence-electron chi connectivity index (χ0n) is 15.0. The molecule has 0 saturated heterocycles. The number of hydrogen-bond donors (Lipinski definition) is 1. The number of sulfone groups is 1. The van der Waals surface area contributed by atoms with Crippen molar-refractivity contribution in [2.45, 2.75) is 29.7 Å². The lowest BCUT2D eigenvalue weighted by atomic mass is 10.1. The van der Waals surface area contributed by atoms with E-state index in [1.165, 1.54) is 12.1 Å². The topological polar surface area (TPSA) is 112 Å². The first kappa shape index (κ1) is 20.2. The summed E-state index contributed by atoms with van der Waals surface area (Å²) in [5.41, 5.74) is 0.00130. The van der Waals surface area contributed by atoms with Gasteiger partial charge in [0.25, 0.3) is 5.91 Å². The zero-order valence-corrected chi connectivity index (χ0v) is 16.7. The number of nitrogens with one attached hydrogen (secondary N) is 1. The molecule has 0 spiro atoms. The van der Waals surface area contributed by atoms with Gasteiger partial charge in [0.15, 0.2) is 19.6 Å². The molecule has 1 aromatic carbocycles. The van der Waals surface area contributed by atoms with Gasteiger partial charge in [-0.25, -0.2) is 17.6 Å². The van der Waals surface area contributed by atoms with Crippen molar-refractivity contribution in [3.8, 4) is 5.88 Å². The lowest BCUT2D eigenvalue weighted by Gasteiger charge is -2.09. The maximum atomic E-state index is 14.1. The number of aromatic nitrogens is 1. The number of halogens is 1. The average Bonchev–Trinajstić information content (AvgIpc) is 3.34. The highest BCUT2D eigenvalue weighted by Gasteiger charge is 2.29. The molecule has 2 aromatic rings. The van der Waals surface area contributed by atoms with Crippen LogP contribution < -0.4 is 10.1 Å². The van der Waals surface area contributed by atoms with E-state index in [0.717, 1.165) is 32.3 Å². The lowest BCUT2D eigenvalue weighted by molar-refractivity contribution is 0.0591. The van der Waals surface area contributed by atoms with E-state index >= 15 is 0 Å². The zero-order chi connectivity index (χ0) is 20.5. The van der Waals surface area contributed by atoms with Gasteiger partial charge < -0.3 is 14.8 Å². The molecular formula is C17H17FN2O6S2. The van der Waals surface area contributed by atoms with Gasteiger partial charge in [0.1, 0.15) is 12.4 Å². The number of ether oxygens (including phenoxy) is 2. The molecule has 1 aliphatic rings. The molecule has 1 heterocycles. The summed E-state index contributed by atoms with van der Waals surface area (Å²) >= 11 is 0.566. The molecule has 1 N–H and O–H groups in total. The second kappa shape index (κ2) is 7.84. The fourth-order valence-electron chi connectivity index (χ4n) is 2.35. The number of nitrogens with zero attached hydrogens (tertiary/aromatic N) is 1. The van der Waals surface area contributed by atoms with Gasteiger partial charge in [0.05, 0.1) is 7.11 Å². The molecule has 1 aliphatic carbocycles. The average molecular weight is 428 g/mol. The van der Waals surface area contributed by atoms with Crippen LogP contribution in [0.25, 0.3) is 0 Å². The van der Waals surface area contributed by atoms with E-state index in [9.17, 15) is 22.4 Å². The SMILES string of the molecule is COC(=O)c1c(OCc2cc(C(=O)NC3CC3)ccc2F)nsc1S(C)(=O)=O. The van der Waals surface area contributed by atoms with Crippen LogP contribution in [0.15, 0.2) is 22.4 Å². The van der Waals surface area contributed by atoms with Gasteiger partial charge in [0, 0.05) is 23.4 Å². The van der Waals surface area contributed by atoms with Crippen LogP contribution in [-0.2, 0) is 21.2 Å². The van der Waals surface area contributed by atoms with E-state index in [2.05, 4.69) is 14.4 Å². The van der Waals surface area contributed by atoms with E-state index < -0.39 is 21.6 Å². The molecule has 11 heteroatoms. The molecule has 1 amide bonds. The smallest absolute Gasteiger partial charge is 0.345 e. The van der Waals surface area contributed by atoms with Crippen molar-refractivity contribution in [2.75, 3.05) is 13.4 Å². The summed E-state index contributed by atoms with van der Waals surface area (Å²) in [6, 6.07) is 4.00. The summed E-state index contributed by atoms with van der Waals surface area (Å²) in [7, 11) is -2.64. The Labute approximate surface area is 164 Å². The number of amides is 1. The minimum Gasteiger partial charge on any atom is -0.471 e. The molecular weight excluding hydrogens is 411 g/mol. The second-order valence-corrected chi connectivity index (χ2v) is 9.24. The second-order valence-electron chi connectivity index (χ2n) is 6.26. The minimum atomic E-state index is -3.73. The number of hydrogen-bond acceptors (Lipinski definition) is 8. The maximum Gasteiger partial charge on any atom is 0.345 e. The third kappa shape index (κ3) is 4.47.